The third-order valence-corrected chi connectivity index (χ3v) is 5.33. The zero-order chi connectivity index (χ0) is 18.8. The largest absolute Gasteiger partial charge is 0.296 e. The highest BCUT2D eigenvalue weighted by Gasteiger charge is 2.22. The number of nitrogens with one attached hydrogen (secondary N) is 1. The molecule has 1 N–H and O–H groups in total. The van der Waals surface area contributed by atoms with Crippen LogP contribution < -0.4 is 5.32 Å². The van der Waals surface area contributed by atoms with E-state index in [-0.39, 0.29) is 5.91 Å². The number of nitrogens with zero attached hydrogens (tertiary/aromatic N) is 3. The molecule has 0 spiro atoms. The molecule has 3 aromatic rings. The van der Waals surface area contributed by atoms with Crippen molar-refractivity contribution < 1.29 is 13.6 Å². The molecule has 0 saturated carbocycles. The molecule has 3 heterocycles. The highest BCUT2D eigenvalue weighted by molar-refractivity contribution is 7.15. The zero-order valence-corrected chi connectivity index (χ0v) is 15.1. The van der Waals surface area contributed by atoms with Crippen LogP contribution in [0.2, 0.25) is 0 Å². The van der Waals surface area contributed by atoms with E-state index in [1.54, 1.807) is 24.4 Å². The molecule has 0 radical (unpaired) electrons. The highest BCUT2D eigenvalue weighted by atomic mass is 32.1. The van der Waals surface area contributed by atoms with Gasteiger partial charge in [0, 0.05) is 42.7 Å². The number of fused-ring (bicyclic) bond motifs is 1. The number of rotatable bonds is 4. The standard InChI is InChI=1S/C19H16F2N4OS/c20-13-4-5-14(21)12(9-13)10-25-8-6-15-17(11-25)27-19(23-15)24-18(26)16-3-1-2-7-22-16/h1-5,7,9H,6,8,10-11H2,(H,23,24,26). The molecule has 1 aromatic carbocycles. The van der Waals surface area contributed by atoms with Crippen molar-refractivity contribution in [2.45, 2.75) is 19.5 Å². The Hall–Kier alpha value is -2.71. The highest BCUT2D eigenvalue weighted by Crippen LogP contribution is 2.29. The lowest BCUT2D eigenvalue weighted by Gasteiger charge is -2.25. The lowest BCUT2D eigenvalue weighted by atomic mass is 10.1. The molecule has 5 nitrogen and oxygen atoms in total. The molecule has 4 rings (SSSR count). The smallest absolute Gasteiger partial charge is 0.276 e. The average molecular weight is 386 g/mol. The van der Waals surface area contributed by atoms with Gasteiger partial charge in [0.25, 0.3) is 5.91 Å². The Morgan fingerprint density at radius 3 is 2.96 bits per heavy atom. The average Bonchev–Trinajstić information content (AvgIpc) is 3.07. The summed E-state index contributed by atoms with van der Waals surface area (Å²) in [6.07, 6.45) is 2.26. The van der Waals surface area contributed by atoms with E-state index in [4.69, 9.17) is 0 Å². The first-order valence-corrected chi connectivity index (χ1v) is 9.27. The van der Waals surface area contributed by atoms with Gasteiger partial charge in [-0.2, -0.15) is 0 Å². The molecule has 1 aliphatic heterocycles. The number of carbonyl (C=O) groups excluding carboxylic acids is 1. The first kappa shape index (κ1) is 17.7. The van der Waals surface area contributed by atoms with Crippen LogP contribution in [0, 0.1) is 11.6 Å². The Bertz CT molecular complexity index is 977. The van der Waals surface area contributed by atoms with Crippen molar-refractivity contribution in [3.05, 3.63) is 76.1 Å². The fourth-order valence-electron chi connectivity index (χ4n) is 3.00. The van der Waals surface area contributed by atoms with E-state index in [0.717, 1.165) is 22.7 Å². The molecule has 0 atom stereocenters. The number of anilines is 1. The van der Waals surface area contributed by atoms with Crippen molar-refractivity contribution >= 4 is 22.4 Å². The maximum atomic E-state index is 13.9. The van der Waals surface area contributed by atoms with Gasteiger partial charge in [0.15, 0.2) is 5.13 Å². The van der Waals surface area contributed by atoms with Gasteiger partial charge in [0.1, 0.15) is 17.3 Å². The summed E-state index contributed by atoms with van der Waals surface area (Å²) < 4.78 is 27.2. The van der Waals surface area contributed by atoms with E-state index in [0.29, 0.717) is 42.4 Å². The van der Waals surface area contributed by atoms with Crippen LogP contribution in [0.25, 0.3) is 0 Å². The van der Waals surface area contributed by atoms with E-state index in [1.807, 2.05) is 4.90 Å². The SMILES string of the molecule is O=C(Nc1nc2c(s1)CN(Cc1cc(F)ccc1F)CC2)c1ccccn1. The molecule has 0 saturated heterocycles. The van der Waals surface area contributed by atoms with E-state index >= 15 is 0 Å². The van der Waals surface area contributed by atoms with Gasteiger partial charge in [-0.3, -0.25) is 20.0 Å². The predicted molar refractivity (Wildman–Crippen MR) is 98.5 cm³/mol. The summed E-state index contributed by atoms with van der Waals surface area (Å²) in [5.41, 5.74) is 1.60. The number of amides is 1. The number of hydrogen-bond donors (Lipinski definition) is 1. The number of hydrogen-bond acceptors (Lipinski definition) is 5. The fraction of sp³-hybridized carbons (Fsp3) is 0.211. The van der Waals surface area contributed by atoms with Crippen LogP contribution in [0.5, 0.6) is 0 Å². The van der Waals surface area contributed by atoms with Crippen molar-refractivity contribution in [1.82, 2.24) is 14.9 Å². The lowest BCUT2D eigenvalue weighted by molar-refractivity contribution is 0.102. The van der Waals surface area contributed by atoms with Crippen LogP contribution in [0.3, 0.4) is 0 Å². The Balaban J connectivity index is 1.44. The Morgan fingerprint density at radius 2 is 2.15 bits per heavy atom. The molecule has 1 aliphatic rings. The van der Waals surface area contributed by atoms with Crippen molar-refractivity contribution in [3.63, 3.8) is 0 Å². The van der Waals surface area contributed by atoms with E-state index in [2.05, 4.69) is 15.3 Å². The second kappa shape index (κ2) is 7.50. The number of carbonyl (C=O) groups is 1. The number of aromatic nitrogens is 2. The molecular formula is C19H16F2N4OS. The zero-order valence-electron chi connectivity index (χ0n) is 14.3. The van der Waals surface area contributed by atoms with Crippen molar-refractivity contribution in [2.75, 3.05) is 11.9 Å². The van der Waals surface area contributed by atoms with Gasteiger partial charge in [-0.25, -0.2) is 13.8 Å². The van der Waals surface area contributed by atoms with Gasteiger partial charge in [0.05, 0.1) is 5.69 Å². The van der Waals surface area contributed by atoms with Crippen LogP contribution >= 0.6 is 11.3 Å². The van der Waals surface area contributed by atoms with Gasteiger partial charge < -0.3 is 0 Å². The minimum atomic E-state index is -0.443. The molecule has 2 aromatic heterocycles. The Labute approximate surface area is 158 Å². The van der Waals surface area contributed by atoms with Gasteiger partial charge in [-0.15, -0.1) is 11.3 Å². The van der Waals surface area contributed by atoms with E-state index in [9.17, 15) is 13.6 Å². The molecule has 0 aliphatic carbocycles. The monoisotopic (exact) mass is 386 g/mol. The van der Waals surface area contributed by atoms with Crippen LogP contribution in [0.4, 0.5) is 13.9 Å². The van der Waals surface area contributed by atoms with Gasteiger partial charge in [0.2, 0.25) is 0 Å². The lowest BCUT2D eigenvalue weighted by Crippen LogP contribution is -2.29. The number of thiazole rings is 1. The van der Waals surface area contributed by atoms with Crippen molar-refractivity contribution in [1.29, 1.82) is 0 Å². The molecule has 1 amide bonds. The van der Waals surface area contributed by atoms with E-state index in [1.165, 1.54) is 17.4 Å². The second-order valence-corrected chi connectivity index (χ2v) is 7.34. The summed E-state index contributed by atoms with van der Waals surface area (Å²) in [5.74, 6) is -1.16. The summed E-state index contributed by atoms with van der Waals surface area (Å²) in [7, 11) is 0. The maximum absolute atomic E-state index is 13.9. The minimum absolute atomic E-state index is 0.305. The number of benzene rings is 1. The summed E-state index contributed by atoms with van der Waals surface area (Å²) in [6.45, 7) is 1.61. The molecule has 27 heavy (non-hydrogen) atoms. The molecule has 0 bridgehead atoms. The summed E-state index contributed by atoms with van der Waals surface area (Å²) >= 11 is 1.40. The first-order valence-electron chi connectivity index (χ1n) is 8.46. The quantitative estimate of drug-likeness (QED) is 0.744. The van der Waals surface area contributed by atoms with Crippen molar-refractivity contribution in [3.8, 4) is 0 Å². The van der Waals surface area contributed by atoms with Gasteiger partial charge in [-0.05, 0) is 30.3 Å². The van der Waals surface area contributed by atoms with Crippen LogP contribution in [0.15, 0.2) is 42.6 Å². The normalized spacial score (nSPS) is 14.0. The van der Waals surface area contributed by atoms with Gasteiger partial charge >= 0.3 is 0 Å². The second-order valence-electron chi connectivity index (χ2n) is 6.25. The summed E-state index contributed by atoms with van der Waals surface area (Å²) in [6, 6.07) is 8.63. The minimum Gasteiger partial charge on any atom is -0.296 e. The fourth-order valence-corrected chi connectivity index (χ4v) is 4.05. The van der Waals surface area contributed by atoms with Crippen LogP contribution in [-0.2, 0) is 19.5 Å². The Morgan fingerprint density at radius 1 is 1.26 bits per heavy atom. The van der Waals surface area contributed by atoms with Crippen LogP contribution in [-0.4, -0.2) is 27.3 Å². The van der Waals surface area contributed by atoms with Crippen molar-refractivity contribution in [2.24, 2.45) is 0 Å². The summed E-state index contributed by atoms with van der Waals surface area (Å²) in [4.78, 5) is 23.8. The summed E-state index contributed by atoms with van der Waals surface area (Å²) in [5, 5.41) is 3.30. The molecular weight excluding hydrogens is 370 g/mol. The van der Waals surface area contributed by atoms with E-state index < -0.39 is 11.6 Å². The number of pyridine rings is 1. The predicted octanol–water partition coefficient (Wildman–Crippen LogP) is 3.63. The molecule has 0 unspecified atom stereocenters. The third kappa shape index (κ3) is 4.01. The number of halogens is 2. The van der Waals surface area contributed by atoms with Gasteiger partial charge in [-0.1, -0.05) is 6.07 Å². The van der Waals surface area contributed by atoms with Crippen LogP contribution in [0.1, 0.15) is 26.6 Å². The third-order valence-electron chi connectivity index (χ3n) is 4.33. The molecule has 0 fully saturated rings. The molecule has 138 valence electrons. The topological polar surface area (TPSA) is 58.1 Å². The Kier molecular flexibility index (Phi) is 4.91. The molecule has 8 heteroatoms. The first-order chi connectivity index (χ1) is 13.1. The maximum Gasteiger partial charge on any atom is 0.276 e.